The minimum atomic E-state index is -0.185. The van der Waals surface area contributed by atoms with E-state index in [0.717, 1.165) is 0 Å². The Morgan fingerprint density at radius 1 is 1.60 bits per heavy atom. The molecule has 0 saturated heterocycles. The molecule has 0 bridgehead atoms. The topological polar surface area (TPSA) is 115 Å². The molecule has 2 rings (SSSR count). The van der Waals surface area contributed by atoms with Crippen LogP contribution in [0.25, 0.3) is 11.2 Å². The van der Waals surface area contributed by atoms with Crippen molar-refractivity contribution < 1.29 is 5.11 Å². The zero-order valence-corrected chi connectivity index (χ0v) is 8.12. The Morgan fingerprint density at radius 2 is 2.40 bits per heavy atom. The second-order valence-electron chi connectivity index (χ2n) is 3.10. The number of nitrogens with one attached hydrogen (secondary N) is 1. The van der Waals surface area contributed by atoms with Crippen molar-refractivity contribution >= 4 is 17.0 Å². The predicted octanol–water partition coefficient (Wildman–Crippen LogP) is -0.940. The van der Waals surface area contributed by atoms with Crippen LogP contribution in [0.3, 0.4) is 0 Å². The number of hydrogen-bond acceptors (Lipinski definition) is 7. The summed E-state index contributed by atoms with van der Waals surface area (Å²) in [6.07, 6.45) is 1.36. The first-order valence-corrected chi connectivity index (χ1v) is 4.41. The molecule has 2 aromatic heterocycles. The van der Waals surface area contributed by atoms with Gasteiger partial charge in [0.05, 0.1) is 12.6 Å². The van der Waals surface area contributed by atoms with Gasteiger partial charge in [-0.15, -0.1) is 5.10 Å². The fourth-order valence-electron chi connectivity index (χ4n) is 1.24. The number of nitrogens with zero attached hydrogens (tertiary/aromatic N) is 5. The lowest BCUT2D eigenvalue weighted by molar-refractivity contribution is 0.230. The Labute approximate surface area is 85.1 Å². The molecule has 0 saturated carbocycles. The van der Waals surface area contributed by atoms with Gasteiger partial charge in [0.2, 0.25) is 0 Å². The van der Waals surface area contributed by atoms with Crippen LogP contribution in [-0.4, -0.2) is 36.7 Å². The summed E-state index contributed by atoms with van der Waals surface area (Å²) in [4.78, 5) is 7.94. The quantitative estimate of drug-likeness (QED) is 0.441. The Kier molecular flexibility index (Phi) is 2.44. The highest BCUT2D eigenvalue weighted by atomic mass is 16.3. The van der Waals surface area contributed by atoms with Crippen molar-refractivity contribution in [3.63, 3.8) is 0 Å². The van der Waals surface area contributed by atoms with Crippen LogP contribution < -0.4 is 11.3 Å². The van der Waals surface area contributed by atoms with E-state index in [1.54, 1.807) is 0 Å². The summed E-state index contributed by atoms with van der Waals surface area (Å²) in [6, 6.07) is -0.185. The van der Waals surface area contributed by atoms with Crippen LogP contribution in [0.5, 0.6) is 0 Å². The van der Waals surface area contributed by atoms with Crippen molar-refractivity contribution in [1.82, 2.24) is 25.0 Å². The van der Waals surface area contributed by atoms with Gasteiger partial charge in [-0.25, -0.2) is 20.5 Å². The first-order chi connectivity index (χ1) is 7.27. The molecule has 2 heterocycles. The number of fused-ring (bicyclic) bond motifs is 1. The van der Waals surface area contributed by atoms with E-state index >= 15 is 0 Å². The largest absolute Gasteiger partial charge is 0.394 e. The highest BCUT2D eigenvalue weighted by molar-refractivity contribution is 5.81. The van der Waals surface area contributed by atoms with Crippen molar-refractivity contribution in [2.75, 3.05) is 12.0 Å². The van der Waals surface area contributed by atoms with Gasteiger partial charge in [0, 0.05) is 0 Å². The standard InChI is InChI=1S/C7H11N7O/c1-4(2-15)14-7-5(12-13-14)6(11-8)9-3-10-7/h3-4,15H,2,8H2,1H3,(H,9,10,11). The lowest BCUT2D eigenvalue weighted by atomic mass is 10.3. The Morgan fingerprint density at radius 3 is 3.07 bits per heavy atom. The van der Waals surface area contributed by atoms with Gasteiger partial charge in [-0.1, -0.05) is 5.21 Å². The van der Waals surface area contributed by atoms with E-state index in [2.05, 4.69) is 25.7 Å². The van der Waals surface area contributed by atoms with Crippen molar-refractivity contribution in [3.8, 4) is 0 Å². The van der Waals surface area contributed by atoms with Gasteiger partial charge >= 0.3 is 0 Å². The summed E-state index contributed by atoms with van der Waals surface area (Å²) in [5, 5.41) is 16.8. The normalized spacial score (nSPS) is 13.0. The molecule has 1 unspecified atom stereocenters. The molecule has 1 atom stereocenters. The van der Waals surface area contributed by atoms with Crippen LogP contribution in [0, 0.1) is 0 Å². The SMILES string of the molecule is CC(CO)n1nnc2c(NN)ncnc21. The molecule has 0 aliphatic rings. The number of hydrazine groups is 1. The summed E-state index contributed by atoms with van der Waals surface area (Å²) < 4.78 is 1.53. The highest BCUT2D eigenvalue weighted by Gasteiger charge is 2.14. The van der Waals surface area contributed by atoms with Gasteiger partial charge in [0.25, 0.3) is 0 Å². The number of nitrogens with two attached hydrogens (primary N) is 1. The molecule has 0 radical (unpaired) electrons. The maximum absolute atomic E-state index is 9.02. The molecule has 80 valence electrons. The third kappa shape index (κ3) is 1.49. The second kappa shape index (κ2) is 3.75. The third-order valence-electron chi connectivity index (χ3n) is 2.08. The van der Waals surface area contributed by atoms with Crippen molar-refractivity contribution in [2.24, 2.45) is 5.84 Å². The molecule has 8 heteroatoms. The summed E-state index contributed by atoms with van der Waals surface area (Å²) in [5.74, 6) is 5.68. The summed E-state index contributed by atoms with van der Waals surface area (Å²) in [6.45, 7) is 1.78. The predicted molar refractivity (Wildman–Crippen MR) is 52.7 cm³/mol. The highest BCUT2D eigenvalue weighted by Crippen LogP contribution is 2.17. The second-order valence-corrected chi connectivity index (χ2v) is 3.10. The van der Waals surface area contributed by atoms with Gasteiger partial charge in [-0.05, 0) is 6.92 Å². The van der Waals surface area contributed by atoms with Gasteiger partial charge in [0.15, 0.2) is 17.0 Å². The fourth-order valence-corrected chi connectivity index (χ4v) is 1.24. The lowest BCUT2D eigenvalue weighted by Crippen LogP contribution is -2.12. The van der Waals surface area contributed by atoms with Crippen LogP contribution in [0.15, 0.2) is 6.33 Å². The first-order valence-electron chi connectivity index (χ1n) is 4.41. The fraction of sp³-hybridized carbons (Fsp3) is 0.429. The number of aromatic nitrogens is 5. The molecule has 0 aromatic carbocycles. The van der Waals surface area contributed by atoms with E-state index in [-0.39, 0.29) is 12.6 Å². The van der Waals surface area contributed by atoms with Gasteiger partial charge in [-0.2, -0.15) is 0 Å². The van der Waals surface area contributed by atoms with Crippen LogP contribution in [0.1, 0.15) is 13.0 Å². The Balaban J connectivity index is 2.60. The molecule has 0 amide bonds. The lowest BCUT2D eigenvalue weighted by Gasteiger charge is -2.07. The monoisotopic (exact) mass is 209 g/mol. The maximum atomic E-state index is 9.02. The molecule has 0 fully saturated rings. The number of aliphatic hydroxyl groups is 1. The van der Waals surface area contributed by atoms with E-state index in [1.165, 1.54) is 11.0 Å². The Bertz CT molecular complexity index is 467. The van der Waals surface area contributed by atoms with Crippen molar-refractivity contribution in [3.05, 3.63) is 6.33 Å². The average Bonchev–Trinajstić information content (AvgIpc) is 2.71. The molecule has 8 nitrogen and oxygen atoms in total. The van der Waals surface area contributed by atoms with E-state index < -0.39 is 0 Å². The van der Waals surface area contributed by atoms with Crippen LogP contribution >= 0.6 is 0 Å². The molecule has 2 aromatic rings. The minimum Gasteiger partial charge on any atom is -0.394 e. The zero-order valence-electron chi connectivity index (χ0n) is 8.12. The molecule has 0 aliphatic heterocycles. The molecule has 4 N–H and O–H groups in total. The third-order valence-corrected chi connectivity index (χ3v) is 2.08. The number of rotatable bonds is 3. The zero-order chi connectivity index (χ0) is 10.8. The molecule has 0 aliphatic carbocycles. The summed E-state index contributed by atoms with van der Waals surface area (Å²) >= 11 is 0. The molecular weight excluding hydrogens is 198 g/mol. The number of aliphatic hydroxyl groups excluding tert-OH is 1. The van der Waals surface area contributed by atoms with E-state index in [4.69, 9.17) is 10.9 Å². The average molecular weight is 209 g/mol. The Hall–Kier alpha value is -1.80. The first kappa shape index (κ1) is 9.74. The van der Waals surface area contributed by atoms with E-state index in [9.17, 15) is 0 Å². The van der Waals surface area contributed by atoms with Gasteiger partial charge in [0.1, 0.15) is 6.33 Å². The molecule has 15 heavy (non-hydrogen) atoms. The van der Waals surface area contributed by atoms with Crippen molar-refractivity contribution in [1.29, 1.82) is 0 Å². The van der Waals surface area contributed by atoms with Gasteiger partial charge in [-0.3, -0.25) is 0 Å². The minimum absolute atomic E-state index is 0.0339. The van der Waals surface area contributed by atoms with Gasteiger partial charge < -0.3 is 10.5 Å². The van der Waals surface area contributed by atoms with Crippen molar-refractivity contribution in [2.45, 2.75) is 13.0 Å². The molecular formula is C7H11N7O. The van der Waals surface area contributed by atoms with Crippen LogP contribution in [0.4, 0.5) is 5.82 Å². The smallest absolute Gasteiger partial charge is 0.184 e. The van der Waals surface area contributed by atoms with Crippen LogP contribution in [0.2, 0.25) is 0 Å². The van der Waals surface area contributed by atoms with E-state index in [0.29, 0.717) is 17.0 Å². The number of hydrogen-bond donors (Lipinski definition) is 3. The summed E-state index contributed by atoms with van der Waals surface area (Å²) in [5.41, 5.74) is 3.44. The molecule has 0 spiro atoms. The van der Waals surface area contributed by atoms with Crippen LogP contribution in [-0.2, 0) is 0 Å². The summed E-state index contributed by atoms with van der Waals surface area (Å²) in [7, 11) is 0. The van der Waals surface area contributed by atoms with E-state index in [1.807, 2.05) is 6.92 Å². The number of anilines is 1. The maximum Gasteiger partial charge on any atom is 0.184 e. The number of nitrogen functional groups attached to an aromatic ring is 1.